The molecule has 0 bridgehead atoms. The van der Waals surface area contributed by atoms with E-state index in [1.807, 2.05) is 29.5 Å². The van der Waals surface area contributed by atoms with Crippen LogP contribution in [-0.2, 0) is 6.54 Å². The molecule has 1 aliphatic rings. The van der Waals surface area contributed by atoms with Crippen molar-refractivity contribution in [1.82, 2.24) is 15.1 Å². The molecule has 0 fully saturated rings. The number of hydrogen-bond acceptors (Lipinski definition) is 3. The molecule has 0 saturated carbocycles. The Bertz CT molecular complexity index is 467. The van der Waals surface area contributed by atoms with E-state index in [0.29, 0.717) is 21.5 Å². The van der Waals surface area contributed by atoms with Crippen LogP contribution in [0.15, 0.2) is 0 Å². The van der Waals surface area contributed by atoms with Crippen molar-refractivity contribution in [2.75, 3.05) is 0 Å². The molecule has 1 aliphatic heterocycles. The van der Waals surface area contributed by atoms with Crippen molar-refractivity contribution in [2.45, 2.75) is 32.9 Å². The van der Waals surface area contributed by atoms with E-state index in [0.717, 1.165) is 6.42 Å². The highest BCUT2D eigenvalue weighted by atomic mass is 127. The molecular formula is C10H12IN3O2. The SMILES string of the molecule is CCC1Cn2nc(I)c(C(C)=O)c2C(=O)N1. The van der Waals surface area contributed by atoms with Gasteiger partial charge in [0.05, 0.1) is 12.1 Å². The molecule has 0 aromatic carbocycles. The fourth-order valence-electron chi connectivity index (χ4n) is 1.85. The number of carbonyl (C=O) groups excluding carboxylic acids is 2. The first-order chi connectivity index (χ1) is 7.54. The number of ketones is 1. The van der Waals surface area contributed by atoms with Gasteiger partial charge in [-0.1, -0.05) is 6.92 Å². The van der Waals surface area contributed by atoms with Gasteiger partial charge in [-0.15, -0.1) is 0 Å². The number of halogens is 1. The van der Waals surface area contributed by atoms with E-state index in [9.17, 15) is 9.59 Å². The average Bonchev–Trinajstić information content (AvgIpc) is 2.54. The lowest BCUT2D eigenvalue weighted by atomic mass is 10.1. The Labute approximate surface area is 107 Å². The van der Waals surface area contributed by atoms with E-state index in [4.69, 9.17) is 0 Å². The Balaban J connectivity index is 2.52. The monoisotopic (exact) mass is 333 g/mol. The lowest BCUT2D eigenvalue weighted by Gasteiger charge is -2.23. The van der Waals surface area contributed by atoms with Gasteiger partial charge in [0.1, 0.15) is 9.39 Å². The molecular weight excluding hydrogens is 321 g/mol. The first-order valence-corrected chi connectivity index (χ1v) is 6.20. The van der Waals surface area contributed by atoms with Gasteiger partial charge in [0.2, 0.25) is 0 Å². The molecule has 5 nitrogen and oxygen atoms in total. The van der Waals surface area contributed by atoms with Crippen LogP contribution < -0.4 is 5.32 Å². The molecule has 0 spiro atoms. The molecule has 1 atom stereocenters. The Morgan fingerprint density at radius 3 is 2.94 bits per heavy atom. The van der Waals surface area contributed by atoms with Crippen molar-refractivity contribution in [3.63, 3.8) is 0 Å². The summed E-state index contributed by atoms with van der Waals surface area (Å²) in [6.45, 7) is 4.11. The van der Waals surface area contributed by atoms with E-state index in [-0.39, 0.29) is 17.7 Å². The summed E-state index contributed by atoms with van der Waals surface area (Å²) in [6.07, 6.45) is 0.858. The van der Waals surface area contributed by atoms with Gasteiger partial charge >= 0.3 is 0 Å². The van der Waals surface area contributed by atoms with Crippen LogP contribution in [0.3, 0.4) is 0 Å². The van der Waals surface area contributed by atoms with Gasteiger partial charge in [0.15, 0.2) is 5.78 Å². The largest absolute Gasteiger partial charge is 0.346 e. The fraction of sp³-hybridized carbons (Fsp3) is 0.500. The van der Waals surface area contributed by atoms with E-state index in [1.54, 1.807) is 4.68 Å². The van der Waals surface area contributed by atoms with Crippen LogP contribution in [-0.4, -0.2) is 27.5 Å². The van der Waals surface area contributed by atoms with Crippen LogP contribution in [0.1, 0.15) is 41.1 Å². The van der Waals surface area contributed by atoms with Crippen molar-refractivity contribution in [3.05, 3.63) is 15.0 Å². The molecule has 86 valence electrons. The topological polar surface area (TPSA) is 64.0 Å². The van der Waals surface area contributed by atoms with Crippen molar-refractivity contribution < 1.29 is 9.59 Å². The van der Waals surface area contributed by atoms with Gasteiger partial charge in [-0.05, 0) is 35.9 Å². The minimum atomic E-state index is -0.196. The minimum absolute atomic E-state index is 0.107. The summed E-state index contributed by atoms with van der Waals surface area (Å²) in [5.41, 5.74) is 0.842. The summed E-state index contributed by atoms with van der Waals surface area (Å²) in [5.74, 6) is -0.311. The number of amides is 1. The van der Waals surface area contributed by atoms with E-state index in [1.165, 1.54) is 6.92 Å². The number of nitrogens with zero attached hydrogens (tertiary/aromatic N) is 2. The number of aromatic nitrogens is 2. The minimum Gasteiger partial charge on any atom is -0.346 e. The molecule has 2 rings (SSSR count). The molecule has 0 saturated heterocycles. The Morgan fingerprint density at radius 1 is 1.69 bits per heavy atom. The summed E-state index contributed by atoms with van der Waals surface area (Å²) in [5, 5.41) is 7.12. The Morgan fingerprint density at radius 2 is 2.38 bits per heavy atom. The third-order valence-electron chi connectivity index (χ3n) is 2.70. The summed E-state index contributed by atoms with van der Waals surface area (Å²) in [7, 11) is 0. The van der Waals surface area contributed by atoms with Crippen LogP contribution in [0, 0.1) is 3.70 Å². The highest BCUT2D eigenvalue weighted by molar-refractivity contribution is 14.1. The molecule has 1 amide bonds. The van der Waals surface area contributed by atoms with Gasteiger partial charge in [-0.3, -0.25) is 14.3 Å². The third-order valence-corrected chi connectivity index (χ3v) is 3.45. The van der Waals surface area contributed by atoms with Crippen molar-refractivity contribution in [2.24, 2.45) is 0 Å². The molecule has 0 aliphatic carbocycles. The number of Topliss-reactive ketones (excluding diaryl/α,β-unsaturated/α-hetero) is 1. The molecule has 6 heteroatoms. The number of fused-ring (bicyclic) bond motifs is 1. The molecule has 1 unspecified atom stereocenters. The quantitative estimate of drug-likeness (QED) is 0.654. The Kier molecular flexibility index (Phi) is 3.00. The van der Waals surface area contributed by atoms with Crippen LogP contribution >= 0.6 is 22.6 Å². The molecule has 2 heterocycles. The van der Waals surface area contributed by atoms with Gasteiger partial charge < -0.3 is 5.32 Å². The second-order valence-electron chi connectivity index (χ2n) is 3.83. The second kappa shape index (κ2) is 4.15. The summed E-state index contributed by atoms with van der Waals surface area (Å²) in [6, 6.07) is 0.107. The van der Waals surface area contributed by atoms with E-state index in [2.05, 4.69) is 10.4 Å². The number of carbonyl (C=O) groups is 2. The predicted octanol–water partition coefficient (Wildman–Crippen LogP) is 1.21. The van der Waals surface area contributed by atoms with Crippen LogP contribution in [0.25, 0.3) is 0 Å². The fourth-order valence-corrected chi connectivity index (χ4v) is 2.74. The maximum absolute atomic E-state index is 11.9. The molecule has 16 heavy (non-hydrogen) atoms. The highest BCUT2D eigenvalue weighted by Crippen LogP contribution is 2.21. The second-order valence-corrected chi connectivity index (χ2v) is 4.85. The Hall–Kier alpha value is -0.920. The van der Waals surface area contributed by atoms with Gasteiger partial charge in [0.25, 0.3) is 5.91 Å². The zero-order valence-corrected chi connectivity index (χ0v) is 11.2. The summed E-state index contributed by atoms with van der Waals surface area (Å²) in [4.78, 5) is 23.3. The maximum Gasteiger partial charge on any atom is 0.270 e. The van der Waals surface area contributed by atoms with Crippen molar-refractivity contribution in [3.8, 4) is 0 Å². The maximum atomic E-state index is 11.9. The van der Waals surface area contributed by atoms with Gasteiger partial charge in [0, 0.05) is 6.04 Å². The van der Waals surface area contributed by atoms with Crippen molar-refractivity contribution >= 4 is 34.3 Å². The van der Waals surface area contributed by atoms with E-state index >= 15 is 0 Å². The lowest BCUT2D eigenvalue weighted by molar-refractivity contribution is 0.0884. The van der Waals surface area contributed by atoms with Crippen LogP contribution in [0.5, 0.6) is 0 Å². The first kappa shape index (κ1) is 11.6. The normalized spacial score (nSPS) is 19.2. The molecule has 1 aromatic rings. The zero-order valence-electron chi connectivity index (χ0n) is 9.08. The number of rotatable bonds is 2. The van der Waals surface area contributed by atoms with E-state index < -0.39 is 0 Å². The predicted molar refractivity (Wildman–Crippen MR) is 66.5 cm³/mol. The number of hydrogen-bond donors (Lipinski definition) is 1. The van der Waals surface area contributed by atoms with Crippen LogP contribution in [0.2, 0.25) is 0 Å². The van der Waals surface area contributed by atoms with Crippen molar-refractivity contribution in [1.29, 1.82) is 0 Å². The molecule has 0 radical (unpaired) electrons. The number of nitrogens with one attached hydrogen (secondary N) is 1. The molecule has 1 N–H and O–H groups in total. The average molecular weight is 333 g/mol. The van der Waals surface area contributed by atoms with Gasteiger partial charge in [-0.2, -0.15) is 5.10 Å². The third kappa shape index (κ3) is 1.74. The van der Waals surface area contributed by atoms with Crippen LogP contribution in [0.4, 0.5) is 0 Å². The first-order valence-electron chi connectivity index (χ1n) is 5.12. The highest BCUT2D eigenvalue weighted by Gasteiger charge is 2.30. The lowest BCUT2D eigenvalue weighted by Crippen LogP contribution is -2.44. The summed E-state index contributed by atoms with van der Waals surface area (Å²) < 4.78 is 2.25. The molecule has 1 aromatic heterocycles. The van der Waals surface area contributed by atoms with Gasteiger partial charge in [-0.25, -0.2) is 0 Å². The smallest absolute Gasteiger partial charge is 0.270 e. The summed E-state index contributed by atoms with van der Waals surface area (Å²) >= 11 is 1.99. The zero-order chi connectivity index (χ0) is 11.9. The standard InChI is InChI=1S/C10H12IN3O2/c1-3-6-4-14-8(10(16)12-6)7(5(2)15)9(11)13-14/h6H,3-4H2,1-2H3,(H,12,16).